The molecule has 1 aliphatic heterocycles. The summed E-state index contributed by atoms with van der Waals surface area (Å²) in [5.74, 6) is 0.734. The number of aromatic nitrogens is 1. The molecule has 0 unspecified atom stereocenters. The van der Waals surface area contributed by atoms with Gasteiger partial charge in [0.15, 0.2) is 5.13 Å². The van der Waals surface area contributed by atoms with Gasteiger partial charge in [-0.1, -0.05) is 30.3 Å². The average Bonchev–Trinajstić information content (AvgIpc) is 3.19. The Morgan fingerprint density at radius 1 is 1.38 bits per heavy atom. The highest BCUT2D eigenvalue weighted by molar-refractivity contribution is 7.99. The van der Waals surface area contributed by atoms with Gasteiger partial charge in [-0.25, -0.2) is 4.98 Å². The Morgan fingerprint density at radius 3 is 2.92 bits per heavy atom. The maximum absolute atomic E-state index is 12.8. The van der Waals surface area contributed by atoms with E-state index in [1.807, 2.05) is 35.4 Å². The molecule has 2 amide bonds. The van der Waals surface area contributed by atoms with E-state index in [2.05, 4.69) is 22.4 Å². The largest absolute Gasteiger partial charge is 0.341 e. The summed E-state index contributed by atoms with van der Waals surface area (Å²) < 4.78 is 0. The lowest BCUT2D eigenvalue weighted by Gasteiger charge is -2.33. The highest BCUT2D eigenvalue weighted by Gasteiger charge is 2.30. The smallest absolute Gasteiger partial charge is 0.235 e. The molecule has 2 heterocycles. The van der Waals surface area contributed by atoms with Crippen LogP contribution in [-0.4, -0.2) is 40.0 Å². The SMILES string of the molecule is C[C@@H](SCc1ccccc1)C(=O)N1CCC[C@@H](C(=O)Nc2nccs2)C1. The van der Waals surface area contributed by atoms with Crippen molar-refractivity contribution in [2.45, 2.75) is 30.8 Å². The molecule has 0 aliphatic carbocycles. The molecule has 138 valence electrons. The van der Waals surface area contributed by atoms with E-state index in [-0.39, 0.29) is 23.0 Å². The number of rotatable bonds is 6. The fourth-order valence-electron chi connectivity index (χ4n) is 3.01. The molecule has 0 bridgehead atoms. The number of nitrogens with zero attached hydrogens (tertiary/aromatic N) is 2. The van der Waals surface area contributed by atoms with Crippen molar-refractivity contribution in [1.29, 1.82) is 0 Å². The molecule has 26 heavy (non-hydrogen) atoms. The molecule has 1 aromatic heterocycles. The molecular formula is C19H23N3O2S2. The molecule has 1 N–H and O–H groups in total. The van der Waals surface area contributed by atoms with Crippen molar-refractivity contribution in [2.75, 3.05) is 18.4 Å². The molecule has 5 nitrogen and oxygen atoms in total. The van der Waals surface area contributed by atoms with E-state index in [9.17, 15) is 9.59 Å². The van der Waals surface area contributed by atoms with Gasteiger partial charge in [-0.2, -0.15) is 0 Å². The van der Waals surface area contributed by atoms with E-state index in [0.717, 1.165) is 25.1 Å². The monoisotopic (exact) mass is 389 g/mol. The number of piperidine rings is 1. The summed E-state index contributed by atoms with van der Waals surface area (Å²) in [5, 5.41) is 5.18. The number of likely N-dealkylation sites (tertiary alicyclic amines) is 1. The molecule has 0 spiro atoms. The molecule has 1 aliphatic rings. The zero-order valence-corrected chi connectivity index (χ0v) is 16.4. The molecule has 1 aromatic carbocycles. The molecule has 2 atom stereocenters. The standard InChI is InChI=1S/C19H23N3O2S2/c1-14(26-13-15-6-3-2-4-7-15)18(24)22-10-5-8-16(12-22)17(23)21-19-20-9-11-25-19/h2-4,6-7,9,11,14,16H,5,8,10,12-13H2,1H3,(H,20,21,23)/t14-,16-/m1/s1. The van der Waals surface area contributed by atoms with Crippen LogP contribution >= 0.6 is 23.1 Å². The molecule has 0 radical (unpaired) electrons. The van der Waals surface area contributed by atoms with Crippen LogP contribution in [0.3, 0.4) is 0 Å². The first-order valence-corrected chi connectivity index (χ1v) is 10.7. The lowest BCUT2D eigenvalue weighted by Crippen LogP contribution is -2.46. The molecule has 7 heteroatoms. The first kappa shape index (κ1) is 18.9. The molecule has 2 aromatic rings. The fraction of sp³-hybridized carbons (Fsp3) is 0.421. The van der Waals surface area contributed by atoms with E-state index >= 15 is 0 Å². The van der Waals surface area contributed by atoms with E-state index in [4.69, 9.17) is 0 Å². The predicted molar refractivity (Wildman–Crippen MR) is 107 cm³/mol. The lowest BCUT2D eigenvalue weighted by atomic mass is 9.97. The highest BCUT2D eigenvalue weighted by atomic mass is 32.2. The summed E-state index contributed by atoms with van der Waals surface area (Å²) in [6, 6.07) is 10.2. The normalized spacial score (nSPS) is 18.3. The van der Waals surface area contributed by atoms with Crippen LogP contribution in [0.1, 0.15) is 25.3 Å². The Bertz CT molecular complexity index is 722. The van der Waals surface area contributed by atoms with E-state index in [1.165, 1.54) is 16.9 Å². The Kier molecular flexibility index (Phi) is 6.68. The number of benzene rings is 1. The average molecular weight is 390 g/mol. The maximum atomic E-state index is 12.8. The van der Waals surface area contributed by atoms with Crippen LogP contribution in [0.5, 0.6) is 0 Å². The van der Waals surface area contributed by atoms with Crippen molar-refractivity contribution < 1.29 is 9.59 Å². The minimum absolute atomic E-state index is 0.0398. The molecule has 0 saturated carbocycles. The van der Waals surface area contributed by atoms with Crippen LogP contribution in [0, 0.1) is 5.92 Å². The summed E-state index contributed by atoms with van der Waals surface area (Å²) in [6.07, 6.45) is 3.34. The molecule has 1 saturated heterocycles. The second kappa shape index (κ2) is 9.19. The van der Waals surface area contributed by atoms with Gasteiger partial charge >= 0.3 is 0 Å². The van der Waals surface area contributed by atoms with Crippen molar-refractivity contribution in [3.63, 3.8) is 0 Å². The Balaban J connectivity index is 1.51. The van der Waals surface area contributed by atoms with Gasteiger partial charge in [0.05, 0.1) is 11.2 Å². The summed E-state index contributed by atoms with van der Waals surface area (Å²) in [4.78, 5) is 31.1. The predicted octanol–water partition coefficient (Wildman–Crippen LogP) is 3.64. The van der Waals surface area contributed by atoms with Gasteiger partial charge in [-0.15, -0.1) is 23.1 Å². The van der Waals surface area contributed by atoms with Gasteiger partial charge in [0, 0.05) is 30.4 Å². The third-order valence-electron chi connectivity index (χ3n) is 4.46. The Hall–Kier alpha value is -1.86. The quantitative estimate of drug-likeness (QED) is 0.819. The number of carbonyl (C=O) groups excluding carboxylic acids is 2. The number of amides is 2. The number of anilines is 1. The Labute approximate surface area is 162 Å². The number of thiazole rings is 1. The maximum Gasteiger partial charge on any atom is 0.235 e. The van der Waals surface area contributed by atoms with Gasteiger partial charge in [0.2, 0.25) is 11.8 Å². The zero-order valence-electron chi connectivity index (χ0n) is 14.8. The lowest BCUT2D eigenvalue weighted by molar-refractivity contribution is -0.133. The second-order valence-electron chi connectivity index (χ2n) is 6.39. The summed E-state index contributed by atoms with van der Waals surface area (Å²) in [6.45, 7) is 3.18. The number of carbonyl (C=O) groups is 2. The third kappa shape index (κ3) is 5.08. The van der Waals surface area contributed by atoms with Crippen molar-refractivity contribution in [1.82, 2.24) is 9.88 Å². The van der Waals surface area contributed by atoms with Crippen molar-refractivity contribution >= 4 is 40.0 Å². The van der Waals surface area contributed by atoms with Gasteiger partial charge in [0.25, 0.3) is 0 Å². The number of nitrogens with one attached hydrogen (secondary N) is 1. The fourth-order valence-corrected chi connectivity index (χ4v) is 4.47. The van der Waals surface area contributed by atoms with Crippen LogP contribution in [0.15, 0.2) is 41.9 Å². The van der Waals surface area contributed by atoms with Gasteiger partial charge in [0.1, 0.15) is 0 Å². The van der Waals surface area contributed by atoms with E-state index in [0.29, 0.717) is 11.7 Å². The summed E-state index contributed by atoms with van der Waals surface area (Å²) in [5.41, 5.74) is 1.22. The van der Waals surface area contributed by atoms with E-state index in [1.54, 1.807) is 18.0 Å². The Morgan fingerprint density at radius 2 is 2.19 bits per heavy atom. The van der Waals surface area contributed by atoms with Crippen molar-refractivity contribution in [3.05, 3.63) is 47.5 Å². The number of thioether (sulfide) groups is 1. The molecule has 1 fully saturated rings. The van der Waals surface area contributed by atoms with Crippen LogP contribution in [0.2, 0.25) is 0 Å². The van der Waals surface area contributed by atoms with E-state index < -0.39 is 0 Å². The number of hydrogen-bond acceptors (Lipinski definition) is 5. The van der Waals surface area contributed by atoms with Crippen LogP contribution < -0.4 is 5.32 Å². The summed E-state index contributed by atoms with van der Waals surface area (Å²) in [7, 11) is 0. The highest BCUT2D eigenvalue weighted by Crippen LogP contribution is 2.24. The van der Waals surface area contributed by atoms with Crippen LogP contribution in [-0.2, 0) is 15.3 Å². The summed E-state index contributed by atoms with van der Waals surface area (Å²) >= 11 is 3.05. The zero-order chi connectivity index (χ0) is 18.4. The minimum Gasteiger partial charge on any atom is -0.341 e. The molecular weight excluding hydrogens is 366 g/mol. The molecule has 3 rings (SSSR count). The van der Waals surface area contributed by atoms with Gasteiger partial charge in [-0.3, -0.25) is 9.59 Å². The first-order chi connectivity index (χ1) is 12.6. The first-order valence-electron chi connectivity index (χ1n) is 8.78. The second-order valence-corrected chi connectivity index (χ2v) is 8.61. The van der Waals surface area contributed by atoms with Crippen molar-refractivity contribution in [2.24, 2.45) is 5.92 Å². The van der Waals surface area contributed by atoms with Crippen LogP contribution in [0.4, 0.5) is 5.13 Å². The van der Waals surface area contributed by atoms with Gasteiger partial charge < -0.3 is 10.2 Å². The van der Waals surface area contributed by atoms with Crippen LogP contribution in [0.25, 0.3) is 0 Å². The van der Waals surface area contributed by atoms with Gasteiger partial charge in [-0.05, 0) is 25.3 Å². The minimum atomic E-state index is -0.164. The third-order valence-corrected chi connectivity index (χ3v) is 6.35. The van der Waals surface area contributed by atoms with Crippen molar-refractivity contribution in [3.8, 4) is 0 Å². The topological polar surface area (TPSA) is 62.3 Å². The number of hydrogen-bond donors (Lipinski definition) is 1.